The molecule has 3 nitrogen and oxygen atoms in total. The van der Waals surface area contributed by atoms with Crippen molar-refractivity contribution in [3.05, 3.63) is 27.9 Å². The van der Waals surface area contributed by atoms with Crippen LogP contribution in [0.3, 0.4) is 0 Å². The van der Waals surface area contributed by atoms with Crippen molar-refractivity contribution in [1.29, 1.82) is 0 Å². The molecule has 0 spiro atoms. The fourth-order valence-electron chi connectivity index (χ4n) is 0.738. The minimum Gasteiger partial charge on any atom is -1.00 e. The largest absolute Gasteiger partial charge is 1.00 e. The van der Waals surface area contributed by atoms with Gasteiger partial charge in [0, 0.05) is 11.4 Å². The molecule has 10 heavy (non-hydrogen) atoms. The van der Waals surface area contributed by atoms with E-state index < -0.39 is 0 Å². The number of halogens is 1. The smallest absolute Gasteiger partial charge is 0.345 e. The van der Waals surface area contributed by atoms with E-state index >= 15 is 0 Å². The van der Waals surface area contributed by atoms with Gasteiger partial charge in [0.2, 0.25) is 0 Å². The number of H-pyrrole nitrogens is 1. The molecule has 0 amide bonds. The van der Waals surface area contributed by atoms with Crippen molar-refractivity contribution in [2.45, 2.75) is 13.8 Å². The molecule has 1 rings (SSSR count). The van der Waals surface area contributed by atoms with Crippen LogP contribution in [0.1, 0.15) is 11.4 Å². The summed E-state index contributed by atoms with van der Waals surface area (Å²) in [6.07, 6.45) is 0. The van der Waals surface area contributed by atoms with Gasteiger partial charge in [-0.25, -0.2) is 4.79 Å². The van der Waals surface area contributed by atoms with Gasteiger partial charge in [-0.15, -0.1) is 0 Å². The third kappa shape index (κ3) is 2.19. The van der Waals surface area contributed by atoms with Crippen molar-refractivity contribution in [2.75, 3.05) is 0 Å². The summed E-state index contributed by atoms with van der Waals surface area (Å²) in [5, 5.41) is 0. The van der Waals surface area contributed by atoms with Gasteiger partial charge < -0.3 is 17.4 Å². The average molecular weight is 160 g/mol. The summed E-state index contributed by atoms with van der Waals surface area (Å²) in [7, 11) is 0. The van der Waals surface area contributed by atoms with Crippen LogP contribution in [-0.2, 0) is 0 Å². The summed E-state index contributed by atoms with van der Waals surface area (Å²) in [6, 6.07) is 1.82. The lowest BCUT2D eigenvalue weighted by molar-refractivity contribution is -0.00000233. The highest BCUT2D eigenvalue weighted by Gasteiger charge is 1.88. The Morgan fingerprint density at radius 3 is 2.50 bits per heavy atom. The number of aryl methyl sites for hydroxylation is 2. The third-order valence-corrected chi connectivity index (χ3v) is 1.01. The maximum absolute atomic E-state index is 10.5. The average Bonchev–Trinajstić information content (AvgIpc) is 1.59. The number of rotatable bonds is 0. The number of hydrogen-bond donors (Lipinski definition) is 1. The molecule has 1 heterocycles. The Bertz CT molecular complexity index is 245. The Balaban J connectivity index is 0.000000810. The van der Waals surface area contributed by atoms with E-state index in [1.807, 2.05) is 13.0 Å². The summed E-state index contributed by atoms with van der Waals surface area (Å²) >= 11 is 0. The third-order valence-electron chi connectivity index (χ3n) is 1.01. The fraction of sp³-hybridized carbons (Fsp3) is 0.333. The van der Waals surface area contributed by atoms with Gasteiger partial charge in [0.15, 0.2) is 0 Å². The molecule has 0 fully saturated rings. The SMILES string of the molecule is Cc1cc(C)[nH]c(=O)n1.[Cl-]. The van der Waals surface area contributed by atoms with Crippen LogP contribution in [0.15, 0.2) is 10.9 Å². The molecule has 4 heteroatoms. The molecule has 0 aromatic carbocycles. The Labute approximate surface area is 64.9 Å². The maximum atomic E-state index is 10.5. The Hall–Kier alpha value is -0.830. The fourth-order valence-corrected chi connectivity index (χ4v) is 0.738. The second kappa shape index (κ2) is 3.37. The molecule has 0 bridgehead atoms. The predicted octanol–water partition coefficient (Wildman–Crippen LogP) is -2.61. The second-order valence-corrected chi connectivity index (χ2v) is 2.01. The first kappa shape index (κ1) is 9.17. The van der Waals surface area contributed by atoms with E-state index in [4.69, 9.17) is 0 Å². The summed E-state index contributed by atoms with van der Waals surface area (Å²) in [5.74, 6) is 0. The lowest BCUT2D eigenvalue weighted by Crippen LogP contribution is -3.00. The van der Waals surface area contributed by atoms with Crippen LogP contribution in [0.4, 0.5) is 0 Å². The topological polar surface area (TPSA) is 45.8 Å². The van der Waals surface area contributed by atoms with Gasteiger partial charge in [0.05, 0.1) is 0 Å². The molecule has 0 aliphatic carbocycles. The summed E-state index contributed by atoms with van der Waals surface area (Å²) in [6.45, 7) is 3.62. The van der Waals surface area contributed by atoms with E-state index in [-0.39, 0.29) is 18.1 Å². The molecule has 0 saturated carbocycles. The maximum Gasteiger partial charge on any atom is 0.345 e. The van der Waals surface area contributed by atoms with Crippen molar-refractivity contribution in [2.24, 2.45) is 0 Å². The highest BCUT2D eigenvalue weighted by Crippen LogP contribution is 1.88. The van der Waals surface area contributed by atoms with Crippen LogP contribution in [0.5, 0.6) is 0 Å². The monoisotopic (exact) mass is 159 g/mol. The zero-order valence-corrected chi connectivity index (χ0v) is 6.57. The van der Waals surface area contributed by atoms with E-state index in [0.717, 1.165) is 11.4 Å². The molecule has 56 valence electrons. The van der Waals surface area contributed by atoms with Crippen LogP contribution in [-0.4, -0.2) is 9.97 Å². The number of nitrogens with zero attached hydrogens (tertiary/aromatic N) is 1. The standard InChI is InChI=1S/C6H8N2O.ClH/c1-4-3-5(2)8-6(9)7-4;/h3H,1-2H3,(H,7,8,9);1H/p-1. The normalized spacial score (nSPS) is 8.60. The first-order valence-electron chi connectivity index (χ1n) is 2.73. The molecule has 0 atom stereocenters. The summed E-state index contributed by atoms with van der Waals surface area (Å²) in [4.78, 5) is 16.7. The predicted molar refractivity (Wildman–Crippen MR) is 34.3 cm³/mol. The molecule has 1 aromatic rings. The zero-order valence-electron chi connectivity index (χ0n) is 5.81. The van der Waals surface area contributed by atoms with Crippen molar-refractivity contribution in [3.63, 3.8) is 0 Å². The molecule has 0 aliphatic rings. The van der Waals surface area contributed by atoms with Crippen molar-refractivity contribution >= 4 is 0 Å². The molecule has 0 unspecified atom stereocenters. The van der Waals surface area contributed by atoms with Gasteiger partial charge in [-0.3, -0.25) is 0 Å². The highest BCUT2D eigenvalue weighted by molar-refractivity contribution is 5.03. The van der Waals surface area contributed by atoms with Crippen LogP contribution in [0.2, 0.25) is 0 Å². The molecule has 0 aliphatic heterocycles. The quantitative estimate of drug-likeness (QED) is 0.451. The summed E-state index contributed by atoms with van der Waals surface area (Å²) in [5.41, 5.74) is 1.34. The minimum absolute atomic E-state index is 0. The lowest BCUT2D eigenvalue weighted by Gasteiger charge is -1.90. The number of aromatic nitrogens is 2. The Kier molecular flexibility index (Phi) is 3.09. The van der Waals surface area contributed by atoms with Crippen LogP contribution < -0.4 is 18.1 Å². The first-order valence-corrected chi connectivity index (χ1v) is 2.73. The number of nitrogens with one attached hydrogen (secondary N) is 1. The van der Waals surface area contributed by atoms with Crippen LogP contribution >= 0.6 is 0 Å². The van der Waals surface area contributed by atoms with Crippen molar-refractivity contribution < 1.29 is 12.4 Å². The van der Waals surface area contributed by atoms with E-state index in [9.17, 15) is 4.79 Å². The van der Waals surface area contributed by atoms with Crippen molar-refractivity contribution in [3.8, 4) is 0 Å². The molecular weight excluding hydrogens is 152 g/mol. The summed E-state index contributed by atoms with van der Waals surface area (Å²) < 4.78 is 0. The molecule has 1 N–H and O–H groups in total. The van der Waals surface area contributed by atoms with Gasteiger partial charge in [0.25, 0.3) is 0 Å². The van der Waals surface area contributed by atoms with Gasteiger partial charge in [-0.1, -0.05) is 0 Å². The van der Waals surface area contributed by atoms with E-state index in [0.29, 0.717) is 0 Å². The van der Waals surface area contributed by atoms with Crippen molar-refractivity contribution in [1.82, 2.24) is 9.97 Å². The van der Waals surface area contributed by atoms with Gasteiger partial charge in [-0.05, 0) is 19.9 Å². The van der Waals surface area contributed by atoms with Gasteiger partial charge >= 0.3 is 5.69 Å². The second-order valence-electron chi connectivity index (χ2n) is 2.01. The lowest BCUT2D eigenvalue weighted by atomic mass is 10.4. The molecule has 1 aromatic heterocycles. The van der Waals surface area contributed by atoms with E-state index in [2.05, 4.69) is 9.97 Å². The number of hydrogen-bond acceptors (Lipinski definition) is 2. The first-order chi connectivity index (χ1) is 4.18. The highest BCUT2D eigenvalue weighted by atomic mass is 35.5. The Morgan fingerprint density at radius 2 is 2.10 bits per heavy atom. The molecular formula is C6H8ClN2O-. The Morgan fingerprint density at radius 1 is 1.50 bits per heavy atom. The van der Waals surface area contributed by atoms with Gasteiger partial charge in [-0.2, -0.15) is 4.98 Å². The van der Waals surface area contributed by atoms with Crippen LogP contribution in [0, 0.1) is 13.8 Å². The van der Waals surface area contributed by atoms with E-state index in [1.165, 1.54) is 0 Å². The molecule has 0 radical (unpaired) electrons. The van der Waals surface area contributed by atoms with E-state index in [1.54, 1.807) is 6.92 Å². The molecule has 0 saturated heterocycles. The zero-order chi connectivity index (χ0) is 6.85. The minimum atomic E-state index is -0.271. The van der Waals surface area contributed by atoms with Crippen LogP contribution in [0.25, 0.3) is 0 Å². The van der Waals surface area contributed by atoms with Gasteiger partial charge in [0.1, 0.15) is 0 Å². The number of aromatic amines is 1.